The van der Waals surface area contributed by atoms with Crippen molar-refractivity contribution in [3.63, 3.8) is 0 Å². The zero-order valence-corrected chi connectivity index (χ0v) is 14.9. The van der Waals surface area contributed by atoms with Crippen molar-refractivity contribution < 1.29 is 8.42 Å². The van der Waals surface area contributed by atoms with Gasteiger partial charge in [0.25, 0.3) is 10.0 Å². The number of para-hydroxylation sites is 2. The van der Waals surface area contributed by atoms with Crippen LogP contribution in [-0.4, -0.2) is 24.4 Å². The predicted molar refractivity (Wildman–Crippen MR) is 100 cm³/mol. The molecular weight excluding hydrogens is 336 g/mol. The third-order valence-corrected chi connectivity index (χ3v) is 5.21. The molecule has 2 aromatic carbocycles. The summed E-state index contributed by atoms with van der Waals surface area (Å²) < 4.78 is 27.8. The van der Waals surface area contributed by atoms with Crippen LogP contribution in [0.1, 0.15) is 20.3 Å². The molecule has 3 rings (SSSR count). The van der Waals surface area contributed by atoms with E-state index in [0.717, 1.165) is 6.42 Å². The van der Waals surface area contributed by atoms with E-state index in [-0.39, 0.29) is 16.8 Å². The highest BCUT2D eigenvalue weighted by molar-refractivity contribution is 7.92. The maximum atomic E-state index is 12.6. The van der Waals surface area contributed by atoms with Gasteiger partial charge in [-0.3, -0.25) is 4.72 Å². The molecule has 0 bridgehead atoms. The first-order valence-corrected chi connectivity index (χ1v) is 9.59. The number of aromatic nitrogens is 2. The Labute approximate surface area is 147 Å². The van der Waals surface area contributed by atoms with E-state index in [1.807, 2.05) is 32.0 Å². The van der Waals surface area contributed by atoms with E-state index in [1.54, 1.807) is 36.4 Å². The summed E-state index contributed by atoms with van der Waals surface area (Å²) in [5.41, 5.74) is 1.33. The van der Waals surface area contributed by atoms with Crippen LogP contribution < -0.4 is 10.0 Å². The molecule has 6 nitrogen and oxygen atoms in total. The summed E-state index contributed by atoms with van der Waals surface area (Å²) in [4.78, 5) is 9.18. The summed E-state index contributed by atoms with van der Waals surface area (Å²) in [6.07, 6.45) is 0.874. The molecule has 0 amide bonds. The molecule has 0 fully saturated rings. The summed E-state index contributed by atoms with van der Waals surface area (Å²) in [6, 6.07) is 15.7. The number of benzene rings is 2. The second kappa shape index (κ2) is 7.06. The zero-order valence-electron chi connectivity index (χ0n) is 14.1. The average Bonchev–Trinajstić information content (AvgIpc) is 2.62. The first-order chi connectivity index (χ1) is 12.0. The van der Waals surface area contributed by atoms with Crippen molar-refractivity contribution in [1.82, 2.24) is 9.97 Å². The van der Waals surface area contributed by atoms with Crippen LogP contribution in [-0.2, 0) is 10.0 Å². The number of hydrogen-bond acceptors (Lipinski definition) is 5. The Morgan fingerprint density at radius 3 is 2.08 bits per heavy atom. The molecule has 0 aliphatic carbocycles. The maximum absolute atomic E-state index is 12.6. The summed E-state index contributed by atoms with van der Waals surface area (Å²) in [7, 11) is -3.74. The SMILES string of the molecule is CC[C@@H](C)Nc1nc2ccccc2nc1NS(=O)(=O)c1ccccc1. The molecule has 0 unspecified atom stereocenters. The molecular formula is C18H20N4O2S. The first-order valence-electron chi connectivity index (χ1n) is 8.11. The maximum Gasteiger partial charge on any atom is 0.263 e. The van der Waals surface area contributed by atoms with Gasteiger partial charge in [-0.15, -0.1) is 0 Å². The van der Waals surface area contributed by atoms with E-state index in [9.17, 15) is 8.42 Å². The van der Waals surface area contributed by atoms with Crippen LogP contribution >= 0.6 is 0 Å². The summed E-state index contributed by atoms with van der Waals surface area (Å²) >= 11 is 0. The predicted octanol–water partition coefficient (Wildman–Crippen LogP) is 3.64. The van der Waals surface area contributed by atoms with Gasteiger partial charge < -0.3 is 5.32 Å². The second-order valence-corrected chi connectivity index (χ2v) is 7.46. The first kappa shape index (κ1) is 17.2. The van der Waals surface area contributed by atoms with Gasteiger partial charge in [0.2, 0.25) is 0 Å². The molecule has 0 aliphatic heterocycles. The van der Waals surface area contributed by atoms with Crippen molar-refractivity contribution in [2.24, 2.45) is 0 Å². The summed E-state index contributed by atoms with van der Waals surface area (Å²) in [5, 5.41) is 3.23. The zero-order chi connectivity index (χ0) is 17.9. The van der Waals surface area contributed by atoms with Crippen LogP contribution in [0, 0.1) is 0 Å². The van der Waals surface area contributed by atoms with Crippen LogP contribution in [0.2, 0.25) is 0 Å². The van der Waals surface area contributed by atoms with Crippen molar-refractivity contribution in [1.29, 1.82) is 0 Å². The monoisotopic (exact) mass is 356 g/mol. The average molecular weight is 356 g/mol. The van der Waals surface area contributed by atoms with Gasteiger partial charge in [-0.1, -0.05) is 37.3 Å². The van der Waals surface area contributed by atoms with Gasteiger partial charge in [0.1, 0.15) is 0 Å². The minimum atomic E-state index is -3.74. The lowest BCUT2D eigenvalue weighted by Crippen LogP contribution is -2.20. The molecule has 3 aromatic rings. The molecule has 0 spiro atoms. The van der Waals surface area contributed by atoms with Crippen LogP contribution in [0.25, 0.3) is 11.0 Å². The standard InChI is InChI=1S/C18H20N4O2S/c1-3-13(2)19-17-18(21-16-12-8-7-11-15(16)20-17)22-25(23,24)14-9-5-4-6-10-14/h4-13H,3H2,1-2H3,(H,19,20)(H,21,22)/t13-/m1/s1. The molecule has 1 aromatic heterocycles. The highest BCUT2D eigenvalue weighted by atomic mass is 32.2. The summed E-state index contributed by atoms with van der Waals surface area (Å²) in [6.45, 7) is 4.05. The highest BCUT2D eigenvalue weighted by Crippen LogP contribution is 2.25. The van der Waals surface area contributed by atoms with E-state index >= 15 is 0 Å². The molecule has 25 heavy (non-hydrogen) atoms. The molecule has 2 N–H and O–H groups in total. The number of rotatable bonds is 6. The third-order valence-electron chi connectivity index (χ3n) is 3.85. The van der Waals surface area contributed by atoms with Gasteiger partial charge in [-0.05, 0) is 37.6 Å². The fraction of sp³-hybridized carbons (Fsp3) is 0.222. The number of sulfonamides is 1. The number of nitrogens with zero attached hydrogens (tertiary/aromatic N) is 2. The molecule has 0 aliphatic rings. The van der Waals surface area contributed by atoms with Crippen molar-refractivity contribution >= 4 is 32.7 Å². The smallest absolute Gasteiger partial charge is 0.263 e. The molecule has 1 heterocycles. The van der Waals surface area contributed by atoms with E-state index in [0.29, 0.717) is 16.9 Å². The third kappa shape index (κ3) is 3.88. The lowest BCUT2D eigenvalue weighted by atomic mass is 10.2. The van der Waals surface area contributed by atoms with E-state index in [4.69, 9.17) is 0 Å². The minimum Gasteiger partial charge on any atom is -0.365 e. The van der Waals surface area contributed by atoms with Gasteiger partial charge in [0.05, 0.1) is 15.9 Å². The van der Waals surface area contributed by atoms with Gasteiger partial charge in [0.15, 0.2) is 11.6 Å². The number of anilines is 2. The topological polar surface area (TPSA) is 84.0 Å². The van der Waals surface area contributed by atoms with E-state index in [1.165, 1.54) is 0 Å². The van der Waals surface area contributed by atoms with Crippen LogP contribution in [0.3, 0.4) is 0 Å². The van der Waals surface area contributed by atoms with Gasteiger partial charge in [-0.2, -0.15) is 0 Å². The quantitative estimate of drug-likeness (QED) is 0.704. The second-order valence-electron chi connectivity index (χ2n) is 5.78. The van der Waals surface area contributed by atoms with Gasteiger partial charge in [0, 0.05) is 6.04 Å². The molecule has 0 saturated heterocycles. The molecule has 1 atom stereocenters. The number of hydrogen-bond donors (Lipinski definition) is 2. The lowest BCUT2D eigenvalue weighted by molar-refractivity contribution is 0.601. The van der Waals surface area contributed by atoms with Crippen molar-refractivity contribution in [3.8, 4) is 0 Å². The fourth-order valence-corrected chi connectivity index (χ4v) is 3.32. The van der Waals surface area contributed by atoms with Crippen molar-refractivity contribution in [3.05, 3.63) is 54.6 Å². The largest absolute Gasteiger partial charge is 0.365 e. The van der Waals surface area contributed by atoms with E-state index in [2.05, 4.69) is 20.0 Å². The Bertz CT molecular complexity index is 975. The van der Waals surface area contributed by atoms with Gasteiger partial charge >= 0.3 is 0 Å². The van der Waals surface area contributed by atoms with Gasteiger partial charge in [-0.25, -0.2) is 18.4 Å². The Kier molecular flexibility index (Phi) is 4.85. The Hall–Kier alpha value is -2.67. The lowest BCUT2D eigenvalue weighted by Gasteiger charge is -2.17. The Morgan fingerprint density at radius 2 is 1.48 bits per heavy atom. The number of nitrogens with one attached hydrogen (secondary N) is 2. The highest BCUT2D eigenvalue weighted by Gasteiger charge is 2.19. The van der Waals surface area contributed by atoms with Crippen molar-refractivity contribution in [2.45, 2.75) is 31.2 Å². The van der Waals surface area contributed by atoms with Crippen LogP contribution in [0.4, 0.5) is 11.6 Å². The normalized spacial score (nSPS) is 12.7. The molecule has 0 radical (unpaired) electrons. The molecule has 130 valence electrons. The number of fused-ring (bicyclic) bond motifs is 1. The van der Waals surface area contributed by atoms with Crippen LogP contribution in [0.15, 0.2) is 59.5 Å². The summed E-state index contributed by atoms with van der Waals surface area (Å²) in [5.74, 6) is 0.621. The Morgan fingerprint density at radius 1 is 0.920 bits per heavy atom. The fourth-order valence-electron chi connectivity index (χ4n) is 2.29. The van der Waals surface area contributed by atoms with E-state index < -0.39 is 10.0 Å². The minimum absolute atomic E-state index is 0.135. The van der Waals surface area contributed by atoms with Crippen molar-refractivity contribution in [2.75, 3.05) is 10.0 Å². The molecule has 0 saturated carbocycles. The molecule has 7 heteroatoms. The Balaban J connectivity index is 2.05. The van der Waals surface area contributed by atoms with Crippen LogP contribution in [0.5, 0.6) is 0 Å².